The van der Waals surface area contributed by atoms with Crippen molar-refractivity contribution >= 4 is 29.5 Å². The molecule has 0 atom stereocenters. The van der Waals surface area contributed by atoms with Gasteiger partial charge >= 0.3 is 0 Å². The number of amides is 2. The van der Waals surface area contributed by atoms with Gasteiger partial charge in [-0.1, -0.05) is 42.5 Å². The summed E-state index contributed by atoms with van der Waals surface area (Å²) in [4.78, 5) is 23.4. The van der Waals surface area contributed by atoms with Crippen molar-refractivity contribution in [3.8, 4) is 11.5 Å². The molecule has 0 bridgehead atoms. The van der Waals surface area contributed by atoms with Crippen LogP contribution in [0.1, 0.15) is 16.7 Å². The van der Waals surface area contributed by atoms with Crippen molar-refractivity contribution in [2.75, 3.05) is 14.2 Å². The Morgan fingerprint density at radius 1 is 0.920 bits per heavy atom. The molecule has 2 aromatic carbocycles. The van der Waals surface area contributed by atoms with Crippen LogP contribution in [0.4, 0.5) is 0 Å². The fraction of sp³-hybridized carbons (Fsp3) is 0.100. The molecule has 5 heteroatoms. The molecular weight excluding hydrogens is 318 g/mol. The molecule has 0 saturated heterocycles. The zero-order valence-corrected chi connectivity index (χ0v) is 13.9. The minimum atomic E-state index is -0.446. The monoisotopic (exact) mass is 335 g/mol. The first-order valence-corrected chi connectivity index (χ1v) is 7.69. The van der Waals surface area contributed by atoms with Gasteiger partial charge in [0.15, 0.2) is 0 Å². The molecule has 1 heterocycles. The van der Waals surface area contributed by atoms with E-state index >= 15 is 0 Å². The lowest BCUT2D eigenvalue weighted by Gasteiger charge is -2.13. The van der Waals surface area contributed by atoms with Crippen LogP contribution >= 0.6 is 0 Å². The summed E-state index contributed by atoms with van der Waals surface area (Å²) in [7, 11) is 3.07. The van der Waals surface area contributed by atoms with Crippen molar-refractivity contribution < 1.29 is 19.1 Å². The molecule has 1 N–H and O–H groups in total. The average Bonchev–Trinajstić information content (AvgIpc) is 2.98. The summed E-state index contributed by atoms with van der Waals surface area (Å²) < 4.78 is 10.9. The maximum Gasteiger partial charge on any atom is 0.259 e. The quantitative estimate of drug-likeness (QED) is 0.674. The van der Waals surface area contributed by atoms with Gasteiger partial charge in [0.2, 0.25) is 0 Å². The van der Waals surface area contributed by atoms with Gasteiger partial charge in [0.25, 0.3) is 11.8 Å². The summed E-state index contributed by atoms with van der Waals surface area (Å²) in [6.45, 7) is 0. The average molecular weight is 335 g/mol. The third-order valence-corrected chi connectivity index (χ3v) is 3.85. The Labute approximate surface area is 145 Å². The lowest BCUT2D eigenvalue weighted by atomic mass is 10.0. The van der Waals surface area contributed by atoms with E-state index in [-0.39, 0.29) is 5.57 Å². The van der Waals surface area contributed by atoms with E-state index in [1.165, 1.54) is 13.2 Å². The van der Waals surface area contributed by atoms with Gasteiger partial charge in [-0.2, -0.15) is 0 Å². The Hall–Kier alpha value is -3.34. The van der Waals surface area contributed by atoms with E-state index in [2.05, 4.69) is 5.32 Å². The summed E-state index contributed by atoms with van der Waals surface area (Å²) in [5, 5.41) is 2.23. The van der Waals surface area contributed by atoms with Crippen molar-refractivity contribution in [3.05, 3.63) is 65.2 Å². The molecule has 0 aliphatic carbocycles. The lowest BCUT2D eigenvalue weighted by molar-refractivity contribution is -0.123. The van der Waals surface area contributed by atoms with E-state index in [0.29, 0.717) is 17.1 Å². The molecule has 1 aliphatic heterocycles. The number of methoxy groups -OCH3 is 2. The highest BCUT2D eigenvalue weighted by Gasteiger charge is 2.25. The van der Waals surface area contributed by atoms with Crippen LogP contribution in [0.25, 0.3) is 17.7 Å². The van der Waals surface area contributed by atoms with Gasteiger partial charge in [-0.25, -0.2) is 0 Å². The topological polar surface area (TPSA) is 64.6 Å². The summed E-state index contributed by atoms with van der Waals surface area (Å²) in [6.07, 6.45) is 5.13. The van der Waals surface area contributed by atoms with Gasteiger partial charge in [0.05, 0.1) is 19.8 Å². The first-order chi connectivity index (χ1) is 12.1. The maximum absolute atomic E-state index is 11.9. The third-order valence-electron chi connectivity index (χ3n) is 3.85. The van der Waals surface area contributed by atoms with Crippen LogP contribution in [0.2, 0.25) is 0 Å². The highest BCUT2D eigenvalue weighted by Crippen LogP contribution is 2.35. The van der Waals surface area contributed by atoms with Crippen molar-refractivity contribution in [2.24, 2.45) is 0 Å². The van der Waals surface area contributed by atoms with Crippen molar-refractivity contribution in [2.45, 2.75) is 0 Å². The van der Waals surface area contributed by atoms with Crippen LogP contribution in [-0.4, -0.2) is 26.0 Å². The third kappa shape index (κ3) is 3.45. The molecule has 126 valence electrons. The highest BCUT2D eigenvalue weighted by molar-refractivity contribution is 6.34. The van der Waals surface area contributed by atoms with Crippen molar-refractivity contribution in [1.82, 2.24) is 5.32 Å². The van der Waals surface area contributed by atoms with E-state index in [0.717, 1.165) is 11.1 Å². The van der Waals surface area contributed by atoms with Crippen LogP contribution in [0, 0.1) is 0 Å². The van der Waals surface area contributed by atoms with Gasteiger partial charge in [0.1, 0.15) is 11.5 Å². The van der Waals surface area contributed by atoms with E-state index in [1.807, 2.05) is 42.5 Å². The first-order valence-electron chi connectivity index (χ1n) is 7.69. The first kappa shape index (κ1) is 16.5. The number of carbonyl (C=O) groups excluding carboxylic acids is 2. The van der Waals surface area contributed by atoms with Gasteiger partial charge in [-0.05, 0) is 17.7 Å². The van der Waals surface area contributed by atoms with Crippen LogP contribution < -0.4 is 14.8 Å². The Morgan fingerprint density at radius 2 is 1.64 bits per heavy atom. The summed E-state index contributed by atoms with van der Waals surface area (Å²) >= 11 is 0. The van der Waals surface area contributed by atoms with E-state index in [1.54, 1.807) is 19.2 Å². The highest BCUT2D eigenvalue weighted by atomic mass is 16.5. The molecule has 2 aromatic rings. The van der Waals surface area contributed by atoms with Crippen LogP contribution in [0.3, 0.4) is 0 Å². The molecule has 0 spiro atoms. The van der Waals surface area contributed by atoms with Gasteiger partial charge in [-0.15, -0.1) is 0 Å². The summed E-state index contributed by atoms with van der Waals surface area (Å²) in [5.41, 5.74) is 2.63. The number of hydrogen-bond donors (Lipinski definition) is 1. The van der Waals surface area contributed by atoms with Gasteiger partial charge in [-0.3, -0.25) is 14.9 Å². The van der Waals surface area contributed by atoms with Gasteiger partial charge < -0.3 is 9.47 Å². The number of benzene rings is 2. The molecule has 1 aliphatic rings. The molecule has 0 fully saturated rings. The fourth-order valence-corrected chi connectivity index (χ4v) is 2.62. The molecule has 0 unspecified atom stereocenters. The molecular formula is C20H17NO4. The standard InChI is InChI=1S/C20H17NO4/c1-24-17-11-15(16-12-19(22)21-20(16)23)18(25-2)10-14(17)9-8-13-6-4-3-5-7-13/h3-12H,1-2H3,(H,21,22,23). The number of nitrogens with one attached hydrogen (secondary N) is 1. The molecule has 25 heavy (non-hydrogen) atoms. The van der Waals surface area contributed by atoms with E-state index in [4.69, 9.17) is 9.47 Å². The Kier molecular flexibility index (Phi) is 4.66. The smallest absolute Gasteiger partial charge is 0.259 e. The zero-order chi connectivity index (χ0) is 17.8. The second-order valence-electron chi connectivity index (χ2n) is 5.41. The Bertz CT molecular complexity index is 882. The summed E-state index contributed by atoms with van der Waals surface area (Å²) in [5.74, 6) is 0.188. The SMILES string of the molecule is COc1cc(C2=CC(=O)NC2=O)c(OC)cc1C=Cc1ccccc1. The predicted molar refractivity (Wildman–Crippen MR) is 96.0 cm³/mol. The molecule has 3 rings (SSSR count). The molecule has 5 nitrogen and oxygen atoms in total. The minimum absolute atomic E-state index is 0.263. The largest absolute Gasteiger partial charge is 0.496 e. The van der Waals surface area contributed by atoms with Crippen molar-refractivity contribution in [1.29, 1.82) is 0 Å². The summed E-state index contributed by atoms with van der Waals surface area (Å²) in [6, 6.07) is 13.3. The Balaban J connectivity index is 2.04. The molecule has 0 aromatic heterocycles. The second kappa shape index (κ2) is 7.05. The van der Waals surface area contributed by atoms with Crippen LogP contribution in [-0.2, 0) is 9.59 Å². The second-order valence-corrected chi connectivity index (χ2v) is 5.41. The van der Waals surface area contributed by atoms with E-state index in [9.17, 15) is 9.59 Å². The molecule has 0 radical (unpaired) electrons. The molecule has 2 amide bonds. The number of carbonyl (C=O) groups is 2. The normalized spacial score (nSPS) is 13.8. The van der Waals surface area contributed by atoms with Crippen LogP contribution in [0.5, 0.6) is 11.5 Å². The Morgan fingerprint density at radius 3 is 2.24 bits per heavy atom. The number of hydrogen-bond acceptors (Lipinski definition) is 4. The lowest BCUT2D eigenvalue weighted by Crippen LogP contribution is -2.21. The maximum atomic E-state index is 11.9. The van der Waals surface area contributed by atoms with E-state index < -0.39 is 11.8 Å². The van der Waals surface area contributed by atoms with Crippen molar-refractivity contribution in [3.63, 3.8) is 0 Å². The molecule has 0 saturated carbocycles. The van der Waals surface area contributed by atoms with Gasteiger partial charge in [0, 0.05) is 17.2 Å². The number of rotatable bonds is 5. The zero-order valence-electron chi connectivity index (χ0n) is 13.9. The minimum Gasteiger partial charge on any atom is -0.496 e. The number of ether oxygens (including phenoxy) is 2. The number of imide groups is 1. The predicted octanol–water partition coefficient (Wildman–Crippen LogP) is 2.91. The fourth-order valence-electron chi connectivity index (χ4n) is 2.62. The van der Waals surface area contributed by atoms with Crippen LogP contribution in [0.15, 0.2) is 48.5 Å².